The second-order valence-electron chi connectivity index (χ2n) is 6.05. The molecule has 0 aliphatic rings. The van der Waals surface area contributed by atoms with Crippen molar-refractivity contribution in [1.29, 1.82) is 0 Å². The van der Waals surface area contributed by atoms with Crippen LogP contribution >= 0.6 is 11.3 Å². The standard InChI is InChI=1S/C18H18N6O2S2/c1-24-14(3-4-22-24)12-7-13(11-8-20-10-21-9-11)23-17-15(12)16(19)18(27-17)28(25)6-5-26-2/h3-4,7-10H,5-6,19H2,1-2H3. The molecular weight excluding hydrogens is 396 g/mol. The molecule has 0 amide bonds. The molecular formula is C18H18N6O2S2. The highest BCUT2D eigenvalue weighted by Crippen LogP contribution is 2.43. The van der Waals surface area contributed by atoms with E-state index in [1.54, 1.807) is 30.4 Å². The minimum absolute atomic E-state index is 0.383. The van der Waals surface area contributed by atoms with Gasteiger partial charge < -0.3 is 15.0 Å². The van der Waals surface area contributed by atoms with Crippen molar-refractivity contribution in [3.63, 3.8) is 0 Å². The van der Waals surface area contributed by atoms with E-state index in [1.807, 2.05) is 19.2 Å². The highest BCUT2D eigenvalue weighted by Gasteiger charge is 2.25. The van der Waals surface area contributed by atoms with Crippen molar-refractivity contribution in [2.45, 2.75) is 4.21 Å². The molecule has 0 aliphatic carbocycles. The minimum Gasteiger partial charge on any atom is -0.611 e. The SMILES string of the molecule is COCC[S+]([O-])c1sc2nc(-c3cncnc3)cc(-c3ccnn3C)c2c1N. The molecule has 1 atom stereocenters. The Balaban J connectivity index is 1.95. The fourth-order valence-corrected chi connectivity index (χ4v) is 5.50. The summed E-state index contributed by atoms with van der Waals surface area (Å²) < 4.78 is 20.2. The number of methoxy groups -OCH3 is 1. The Morgan fingerprint density at radius 3 is 2.79 bits per heavy atom. The number of ether oxygens (including phenoxy) is 1. The molecule has 0 bridgehead atoms. The van der Waals surface area contributed by atoms with Crippen molar-refractivity contribution >= 4 is 38.4 Å². The average molecular weight is 415 g/mol. The van der Waals surface area contributed by atoms with E-state index in [0.717, 1.165) is 32.7 Å². The van der Waals surface area contributed by atoms with Gasteiger partial charge >= 0.3 is 0 Å². The van der Waals surface area contributed by atoms with Gasteiger partial charge in [-0.05, 0) is 12.1 Å². The van der Waals surface area contributed by atoms with Crippen LogP contribution in [0.3, 0.4) is 0 Å². The van der Waals surface area contributed by atoms with Crippen LogP contribution in [0.2, 0.25) is 0 Å². The first-order chi connectivity index (χ1) is 13.6. The Labute approximate surface area is 168 Å². The first-order valence-corrected chi connectivity index (χ1v) is 10.6. The third kappa shape index (κ3) is 3.35. The summed E-state index contributed by atoms with van der Waals surface area (Å²) >= 11 is 0.0886. The highest BCUT2D eigenvalue weighted by atomic mass is 32.2. The molecule has 144 valence electrons. The van der Waals surface area contributed by atoms with Gasteiger partial charge in [0.05, 0.1) is 18.0 Å². The van der Waals surface area contributed by atoms with Crippen molar-refractivity contribution < 1.29 is 9.29 Å². The third-order valence-electron chi connectivity index (χ3n) is 4.30. The summed E-state index contributed by atoms with van der Waals surface area (Å²) in [4.78, 5) is 13.6. The zero-order chi connectivity index (χ0) is 19.7. The second kappa shape index (κ2) is 7.84. The maximum absolute atomic E-state index is 12.7. The number of fused-ring (bicyclic) bond motifs is 1. The van der Waals surface area contributed by atoms with Crippen LogP contribution in [0, 0.1) is 0 Å². The largest absolute Gasteiger partial charge is 0.611 e. The smallest absolute Gasteiger partial charge is 0.232 e. The molecule has 0 radical (unpaired) electrons. The molecule has 4 heterocycles. The molecule has 10 heteroatoms. The van der Waals surface area contributed by atoms with Crippen molar-refractivity contribution in [3.8, 4) is 22.5 Å². The number of nitrogens with zero attached hydrogens (tertiary/aromatic N) is 5. The number of nitrogen functional groups attached to an aromatic ring is 1. The van der Waals surface area contributed by atoms with Gasteiger partial charge in [0.1, 0.15) is 22.6 Å². The van der Waals surface area contributed by atoms with Crippen molar-refractivity contribution in [1.82, 2.24) is 24.7 Å². The summed E-state index contributed by atoms with van der Waals surface area (Å²) in [6.45, 7) is 0.398. The molecule has 0 aliphatic heterocycles. The zero-order valence-corrected chi connectivity index (χ0v) is 17.0. The monoisotopic (exact) mass is 414 g/mol. The second-order valence-corrected chi connectivity index (χ2v) is 8.81. The number of aromatic nitrogens is 5. The zero-order valence-electron chi connectivity index (χ0n) is 15.3. The van der Waals surface area contributed by atoms with Gasteiger partial charge in [0.2, 0.25) is 4.21 Å². The minimum atomic E-state index is -1.26. The van der Waals surface area contributed by atoms with Crippen molar-refractivity contribution in [2.24, 2.45) is 7.05 Å². The van der Waals surface area contributed by atoms with E-state index in [-0.39, 0.29) is 0 Å². The number of pyridine rings is 1. The van der Waals surface area contributed by atoms with Crippen LogP contribution in [0.25, 0.3) is 32.7 Å². The summed E-state index contributed by atoms with van der Waals surface area (Å²) in [7, 11) is 3.45. The van der Waals surface area contributed by atoms with E-state index in [4.69, 9.17) is 15.5 Å². The Morgan fingerprint density at radius 1 is 1.32 bits per heavy atom. The number of hydrogen-bond acceptors (Lipinski definition) is 8. The van der Waals surface area contributed by atoms with E-state index in [1.165, 1.54) is 17.7 Å². The third-order valence-corrected chi connectivity index (χ3v) is 7.17. The van der Waals surface area contributed by atoms with E-state index in [9.17, 15) is 4.55 Å². The van der Waals surface area contributed by atoms with Gasteiger partial charge in [0.25, 0.3) is 0 Å². The number of aryl methyl sites for hydroxylation is 1. The summed E-state index contributed by atoms with van der Waals surface area (Å²) in [6.07, 6.45) is 6.63. The summed E-state index contributed by atoms with van der Waals surface area (Å²) in [5.74, 6) is 0.383. The number of anilines is 1. The van der Waals surface area contributed by atoms with Crippen molar-refractivity contribution in [3.05, 3.63) is 37.1 Å². The Bertz CT molecular complexity index is 1110. The molecule has 8 nitrogen and oxygen atoms in total. The predicted octanol–water partition coefficient (Wildman–Crippen LogP) is 2.49. The predicted molar refractivity (Wildman–Crippen MR) is 110 cm³/mol. The highest BCUT2D eigenvalue weighted by molar-refractivity contribution is 7.93. The van der Waals surface area contributed by atoms with Crippen LogP contribution in [-0.2, 0) is 23.0 Å². The van der Waals surface area contributed by atoms with Gasteiger partial charge in [0.15, 0.2) is 0 Å². The van der Waals surface area contributed by atoms with Gasteiger partial charge in [-0.3, -0.25) is 4.68 Å². The molecule has 0 spiro atoms. The van der Waals surface area contributed by atoms with Gasteiger partial charge in [0, 0.05) is 60.4 Å². The lowest BCUT2D eigenvalue weighted by molar-refractivity contribution is 0.217. The first-order valence-electron chi connectivity index (χ1n) is 8.44. The number of thiophene rings is 1. The topological polar surface area (TPSA) is 115 Å². The summed E-state index contributed by atoms with van der Waals surface area (Å²) in [5, 5.41) is 5.06. The normalized spacial score (nSPS) is 12.5. The van der Waals surface area contributed by atoms with Gasteiger partial charge in [-0.1, -0.05) is 11.3 Å². The number of nitrogens with two attached hydrogens (primary N) is 1. The molecule has 28 heavy (non-hydrogen) atoms. The lowest BCUT2D eigenvalue weighted by atomic mass is 10.1. The molecule has 0 saturated heterocycles. The Kier molecular flexibility index (Phi) is 5.27. The van der Waals surface area contributed by atoms with Crippen LogP contribution in [-0.4, -0.2) is 48.8 Å². The molecule has 2 N–H and O–H groups in total. The van der Waals surface area contributed by atoms with Crippen molar-refractivity contribution in [2.75, 3.05) is 25.2 Å². The van der Waals surface area contributed by atoms with Gasteiger partial charge in [-0.15, -0.1) is 0 Å². The van der Waals surface area contributed by atoms with Crippen LogP contribution < -0.4 is 5.73 Å². The lowest BCUT2D eigenvalue weighted by Crippen LogP contribution is -2.11. The quantitative estimate of drug-likeness (QED) is 0.482. The van der Waals surface area contributed by atoms with E-state index >= 15 is 0 Å². The van der Waals surface area contributed by atoms with Crippen LogP contribution in [0.15, 0.2) is 41.3 Å². The first kappa shape index (κ1) is 18.8. The maximum atomic E-state index is 12.7. The summed E-state index contributed by atoms with van der Waals surface area (Å²) in [5.41, 5.74) is 10.2. The molecule has 0 fully saturated rings. The molecule has 0 saturated carbocycles. The van der Waals surface area contributed by atoms with E-state index in [2.05, 4.69) is 15.1 Å². The number of hydrogen-bond donors (Lipinski definition) is 1. The Hall–Kier alpha value is -2.53. The molecule has 1 unspecified atom stereocenters. The fraction of sp³-hybridized carbons (Fsp3) is 0.222. The summed E-state index contributed by atoms with van der Waals surface area (Å²) in [6, 6.07) is 3.86. The molecule has 4 aromatic heterocycles. The fourth-order valence-electron chi connectivity index (χ4n) is 2.94. The van der Waals surface area contributed by atoms with Crippen LogP contribution in [0.4, 0.5) is 5.69 Å². The molecule has 0 aromatic carbocycles. The number of rotatable bonds is 6. The van der Waals surface area contributed by atoms with E-state index in [0.29, 0.717) is 22.3 Å². The Morgan fingerprint density at radius 2 is 2.11 bits per heavy atom. The molecule has 4 rings (SSSR count). The van der Waals surface area contributed by atoms with Crippen LogP contribution in [0.1, 0.15) is 0 Å². The molecule has 4 aromatic rings. The maximum Gasteiger partial charge on any atom is 0.232 e. The van der Waals surface area contributed by atoms with Gasteiger partial charge in [-0.2, -0.15) is 5.10 Å². The lowest BCUT2D eigenvalue weighted by Gasteiger charge is -2.09. The van der Waals surface area contributed by atoms with Gasteiger partial charge in [-0.25, -0.2) is 15.0 Å². The average Bonchev–Trinajstić information content (AvgIpc) is 3.29. The van der Waals surface area contributed by atoms with E-state index < -0.39 is 11.2 Å². The van der Waals surface area contributed by atoms with Crippen LogP contribution in [0.5, 0.6) is 0 Å².